The van der Waals surface area contributed by atoms with Crippen LogP contribution in [0.4, 0.5) is 4.39 Å². The third kappa shape index (κ3) is 2.30. The first-order valence-corrected chi connectivity index (χ1v) is 7.30. The number of hydrogen-bond acceptors (Lipinski definition) is 3. The van der Waals surface area contributed by atoms with E-state index in [1.165, 1.54) is 12.1 Å². The average Bonchev–Trinajstić information content (AvgIpc) is 3.19. The molecule has 3 rings (SSSR count). The van der Waals surface area contributed by atoms with Crippen molar-refractivity contribution in [3.05, 3.63) is 29.8 Å². The Bertz CT molecular complexity index is 702. The monoisotopic (exact) mass is 290 g/mol. The van der Waals surface area contributed by atoms with E-state index in [0.717, 1.165) is 23.9 Å². The number of imidazole rings is 1. The van der Waals surface area contributed by atoms with Crippen LogP contribution in [-0.2, 0) is 14.9 Å². The molecule has 0 aliphatic heterocycles. The molecule has 4 nitrogen and oxygen atoms in total. The summed E-state index contributed by atoms with van der Waals surface area (Å²) in [5.41, 5.74) is 0.620. The molecule has 0 atom stereocenters. The number of aromatic nitrogens is 2. The van der Waals surface area contributed by atoms with Crippen molar-refractivity contribution in [3.63, 3.8) is 0 Å². The molecular weight excluding hydrogens is 271 g/mol. The van der Waals surface area contributed by atoms with Crippen LogP contribution in [0.15, 0.2) is 18.2 Å². The summed E-state index contributed by atoms with van der Waals surface area (Å²) in [4.78, 5) is 16.8. The minimum atomic E-state index is -0.853. The first-order valence-electron chi connectivity index (χ1n) is 7.30. The maximum absolute atomic E-state index is 13.6. The van der Waals surface area contributed by atoms with Crippen LogP contribution >= 0.6 is 0 Å². The highest BCUT2D eigenvalue weighted by Crippen LogP contribution is 2.41. The standard InChI is InChI=1S/C16H19FN2O2/c1-4-21-15(20)16(2,3)14-18-12-8-5-10(17)9-13(12)19(14)11-6-7-11/h5,8-9,11H,4,6-7H2,1-3H3. The quantitative estimate of drug-likeness (QED) is 0.811. The van der Waals surface area contributed by atoms with Crippen molar-refractivity contribution in [2.45, 2.75) is 45.1 Å². The van der Waals surface area contributed by atoms with Crippen molar-refractivity contribution in [2.24, 2.45) is 0 Å². The first kappa shape index (κ1) is 14.0. The van der Waals surface area contributed by atoms with Crippen LogP contribution in [0.3, 0.4) is 0 Å². The topological polar surface area (TPSA) is 44.1 Å². The Labute approximate surface area is 122 Å². The maximum Gasteiger partial charge on any atom is 0.319 e. The second kappa shape index (κ2) is 4.83. The largest absolute Gasteiger partial charge is 0.465 e. The summed E-state index contributed by atoms with van der Waals surface area (Å²) >= 11 is 0. The first-order chi connectivity index (χ1) is 9.95. The molecule has 21 heavy (non-hydrogen) atoms. The summed E-state index contributed by atoms with van der Waals surface area (Å²) in [5.74, 6) is 0.0662. The summed E-state index contributed by atoms with van der Waals surface area (Å²) in [6.07, 6.45) is 2.07. The van der Waals surface area contributed by atoms with E-state index in [1.807, 2.05) is 4.57 Å². The summed E-state index contributed by atoms with van der Waals surface area (Å²) in [5, 5.41) is 0. The van der Waals surface area contributed by atoms with E-state index in [1.54, 1.807) is 26.8 Å². The van der Waals surface area contributed by atoms with Gasteiger partial charge in [-0.3, -0.25) is 4.79 Å². The number of fused-ring (bicyclic) bond motifs is 1. The number of carbonyl (C=O) groups excluding carboxylic acids is 1. The van der Waals surface area contributed by atoms with Gasteiger partial charge in [0.1, 0.15) is 17.1 Å². The molecule has 0 bridgehead atoms. The number of hydrogen-bond donors (Lipinski definition) is 0. The van der Waals surface area contributed by atoms with Crippen LogP contribution in [0.1, 0.15) is 45.5 Å². The van der Waals surface area contributed by atoms with Gasteiger partial charge in [-0.25, -0.2) is 9.37 Å². The Kier molecular flexibility index (Phi) is 3.23. The molecule has 1 heterocycles. The lowest BCUT2D eigenvalue weighted by molar-refractivity contribution is -0.149. The molecule has 0 unspecified atom stereocenters. The van der Waals surface area contributed by atoms with E-state index in [-0.39, 0.29) is 11.8 Å². The Morgan fingerprint density at radius 1 is 1.48 bits per heavy atom. The van der Waals surface area contributed by atoms with Gasteiger partial charge in [0, 0.05) is 6.04 Å². The van der Waals surface area contributed by atoms with Gasteiger partial charge in [-0.15, -0.1) is 0 Å². The SMILES string of the molecule is CCOC(=O)C(C)(C)c1nc2ccc(F)cc2n1C1CC1. The van der Waals surface area contributed by atoms with Crippen molar-refractivity contribution in [1.82, 2.24) is 9.55 Å². The van der Waals surface area contributed by atoms with Gasteiger partial charge >= 0.3 is 5.97 Å². The fraction of sp³-hybridized carbons (Fsp3) is 0.500. The molecule has 0 spiro atoms. The summed E-state index contributed by atoms with van der Waals surface area (Å²) < 4.78 is 20.7. The van der Waals surface area contributed by atoms with E-state index in [2.05, 4.69) is 4.98 Å². The number of nitrogens with zero attached hydrogens (tertiary/aromatic N) is 2. The van der Waals surface area contributed by atoms with Gasteiger partial charge in [0.05, 0.1) is 17.6 Å². The summed E-state index contributed by atoms with van der Waals surface area (Å²) in [6.45, 7) is 5.73. The number of ether oxygens (including phenoxy) is 1. The van der Waals surface area contributed by atoms with E-state index < -0.39 is 5.41 Å². The van der Waals surface area contributed by atoms with Gasteiger partial charge in [0.2, 0.25) is 0 Å². The van der Waals surface area contributed by atoms with Gasteiger partial charge in [-0.1, -0.05) is 0 Å². The Morgan fingerprint density at radius 2 is 2.19 bits per heavy atom. The van der Waals surface area contributed by atoms with E-state index >= 15 is 0 Å². The van der Waals surface area contributed by atoms with Crippen molar-refractivity contribution in [1.29, 1.82) is 0 Å². The molecule has 1 fully saturated rings. The molecule has 0 radical (unpaired) electrons. The van der Waals surface area contributed by atoms with E-state index in [9.17, 15) is 9.18 Å². The van der Waals surface area contributed by atoms with Crippen molar-refractivity contribution in [2.75, 3.05) is 6.61 Å². The smallest absolute Gasteiger partial charge is 0.319 e. The van der Waals surface area contributed by atoms with Gasteiger partial charge < -0.3 is 9.30 Å². The molecule has 1 aliphatic carbocycles. The summed E-state index contributed by atoms with van der Waals surface area (Å²) in [7, 11) is 0. The number of benzene rings is 1. The Morgan fingerprint density at radius 3 is 2.81 bits per heavy atom. The zero-order valence-electron chi connectivity index (χ0n) is 12.5. The average molecular weight is 290 g/mol. The molecule has 1 aliphatic rings. The highest BCUT2D eigenvalue weighted by molar-refractivity contribution is 5.84. The Balaban J connectivity index is 2.17. The molecular formula is C16H19FN2O2. The molecule has 1 aromatic heterocycles. The lowest BCUT2D eigenvalue weighted by Gasteiger charge is -2.23. The second-order valence-corrected chi connectivity index (χ2v) is 6.02. The fourth-order valence-corrected chi connectivity index (χ4v) is 2.61. The molecule has 5 heteroatoms. The minimum Gasteiger partial charge on any atom is -0.465 e. The highest BCUT2D eigenvalue weighted by Gasteiger charge is 2.40. The number of esters is 1. The van der Waals surface area contributed by atoms with Crippen LogP contribution in [0.25, 0.3) is 11.0 Å². The van der Waals surface area contributed by atoms with Gasteiger partial charge in [0.25, 0.3) is 0 Å². The highest BCUT2D eigenvalue weighted by atomic mass is 19.1. The van der Waals surface area contributed by atoms with Crippen molar-refractivity contribution >= 4 is 17.0 Å². The lowest BCUT2D eigenvalue weighted by Crippen LogP contribution is -2.34. The molecule has 0 amide bonds. The maximum atomic E-state index is 13.6. The van der Waals surface area contributed by atoms with E-state index in [4.69, 9.17) is 4.74 Å². The fourth-order valence-electron chi connectivity index (χ4n) is 2.61. The molecule has 0 N–H and O–H groups in total. The van der Waals surface area contributed by atoms with Gasteiger partial charge in [-0.05, 0) is 51.8 Å². The van der Waals surface area contributed by atoms with Gasteiger partial charge in [0.15, 0.2) is 0 Å². The van der Waals surface area contributed by atoms with Crippen LogP contribution < -0.4 is 0 Å². The number of halogens is 1. The molecule has 112 valence electrons. The predicted octanol–water partition coefficient (Wildman–Crippen LogP) is 3.35. The third-order valence-electron chi connectivity index (χ3n) is 3.91. The number of rotatable bonds is 4. The van der Waals surface area contributed by atoms with Crippen LogP contribution in [-0.4, -0.2) is 22.1 Å². The zero-order valence-corrected chi connectivity index (χ0v) is 12.5. The Hall–Kier alpha value is -1.91. The summed E-state index contributed by atoms with van der Waals surface area (Å²) in [6, 6.07) is 4.86. The van der Waals surface area contributed by atoms with E-state index in [0.29, 0.717) is 18.5 Å². The second-order valence-electron chi connectivity index (χ2n) is 6.02. The van der Waals surface area contributed by atoms with Gasteiger partial charge in [-0.2, -0.15) is 0 Å². The van der Waals surface area contributed by atoms with Crippen LogP contribution in [0.5, 0.6) is 0 Å². The molecule has 1 aromatic carbocycles. The van der Waals surface area contributed by atoms with Crippen molar-refractivity contribution < 1.29 is 13.9 Å². The molecule has 2 aromatic rings. The van der Waals surface area contributed by atoms with Crippen molar-refractivity contribution in [3.8, 4) is 0 Å². The zero-order chi connectivity index (χ0) is 15.2. The van der Waals surface area contributed by atoms with Crippen LogP contribution in [0, 0.1) is 5.82 Å². The molecule has 1 saturated carbocycles. The predicted molar refractivity (Wildman–Crippen MR) is 77.6 cm³/mol. The number of carbonyl (C=O) groups is 1. The minimum absolute atomic E-state index is 0.287. The lowest BCUT2D eigenvalue weighted by atomic mass is 9.92. The third-order valence-corrected chi connectivity index (χ3v) is 3.91. The van der Waals surface area contributed by atoms with Crippen LogP contribution in [0.2, 0.25) is 0 Å². The normalized spacial score (nSPS) is 15.4. The molecule has 0 saturated heterocycles.